The van der Waals surface area contributed by atoms with Gasteiger partial charge in [0, 0.05) is 61.2 Å². The molecule has 13 aliphatic carbocycles. The van der Waals surface area contributed by atoms with Crippen LogP contribution in [0.4, 0.5) is 0 Å². The molecule has 6 heterocycles. The summed E-state index contributed by atoms with van der Waals surface area (Å²) in [6, 6.07) is 0. The molecule has 5 spiro atoms. The monoisotopic (exact) mass is 1300 g/mol. The largest absolute Gasteiger partial charge is 0.351 e. The molecule has 0 aromatic rings. The van der Waals surface area contributed by atoms with Crippen LogP contribution in [0.15, 0.2) is 0 Å². The van der Waals surface area contributed by atoms with Crippen LogP contribution in [0.5, 0.6) is 0 Å². The van der Waals surface area contributed by atoms with Crippen LogP contribution in [0, 0.1) is 71.0 Å². The molecule has 12 heteroatoms. The smallest absolute Gasteiger partial charge is 0.173 e. The maximum absolute atomic E-state index is 6.33. The van der Waals surface area contributed by atoms with Crippen LogP contribution in [-0.4, -0.2) is 114 Å². The lowest BCUT2D eigenvalue weighted by Crippen LogP contribution is -2.60. The van der Waals surface area contributed by atoms with E-state index in [2.05, 4.69) is 0 Å². The van der Waals surface area contributed by atoms with Crippen molar-refractivity contribution in [3.05, 3.63) is 0 Å². The van der Waals surface area contributed by atoms with Crippen molar-refractivity contribution in [2.24, 2.45) is 71.0 Å². The quantitative estimate of drug-likeness (QED) is 0.230. The zero-order chi connectivity index (χ0) is 65.8. The maximum atomic E-state index is 6.33. The highest BCUT2D eigenvalue weighted by Crippen LogP contribution is 2.62. The van der Waals surface area contributed by atoms with E-state index < -0.39 is 0 Å². The summed E-state index contributed by atoms with van der Waals surface area (Å²) < 4.78 is 71.7. The number of hydrogen-bond acceptors (Lipinski definition) is 12. The Labute approximate surface area is 566 Å². The Morgan fingerprint density at radius 1 is 0.217 bits per heavy atom. The Balaban J connectivity index is 0.000000153. The Bertz CT molecular complexity index is 1810. The third-order valence-electron chi connectivity index (χ3n) is 23.9. The highest BCUT2D eigenvalue weighted by atomic mass is 16.7. The van der Waals surface area contributed by atoms with Gasteiger partial charge in [-0.1, -0.05) is 75.7 Å². The van der Waals surface area contributed by atoms with E-state index in [-0.39, 0.29) is 34.7 Å². The molecule has 4 atom stereocenters. The van der Waals surface area contributed by atoms with Gasteiger partial charge < -0.3 is 56.8 Å². The van der Waals surface area contributed by atoms with Gasteiger partial charge in [0.15, 0.2) is 34.7 Å². The van der Waals surface area contributed by atoms with Gasteiger partial charge in [0.05, 0.1) is 79.3 Å². The van der Waals surface area contributed by atoms with E-state index in [0.29, 0.717) is 5.92 Å². The normalized spacial score (nSPS) is 36.9. The van der Waals surface area contributed by atoms with Gasteiger partial charge in [0.25, 0.3) is 0 Å². The second-order valence-electron chi connectivity index (χ2n) is 30.2. The van der Waals surface area contributed by atoms with Crippen LogP contribution in [0.1, 0.15) is 327 Å². The lowest BCUT2D eigenvalue weighted by molar-refractivity contribution is -0.342. The minimum Gasteiger partial charge on any atom is -0.351 e. The summed E-state index contributed by atoms with van der Waals surface area (Å²) in [5.41, 5.74) is 0. The van der Waals surface area contributed by atoms with E-state index in [0.717, 1.165) is 170 Å². The fraction of sp³-hybridized carbons (Fsp3) is 1.00. The van der Waals surface area contributed by atoms with Gasteiger partial charge in [-0.3, -0.25) is 0 Å². The molecule has 6 saturated heterocycles. The highest BCUT2D eigenvalue weighted by molar-refractivity contribution is 5.06. The van der Waals surface area contributed by atoms with Crippen molar-refractivity contribution >= 4 is 0 Å². The zero-order valence-corrected chi connectivity index (χ0v) is 62.2. The first-order chi connectivity index (χ1) is 45.1. The summed E-state index contributed by atoms with van der Waals surface area (Å²) in [5.74, 6) is 9.09. The first-order valence-electron chi connectivity index (χ1n) is 40.8. The van der Waals surface area contributed by atoms with E-state index in [1.807, 2.05) is 83.1 Å². The molecule has 0 radical (unpaired) electrons. The predicted octanol–water partition coefficient (Wildman–Crippen LogP) is 20.9. The van der Waals surface area contributed by atoms with Crippen LogP contribution in [0.2, 0.25) is 0 Å². The van der Waals surface area contributed by atoms with Crippen LogP contribution >= 0.6 is 0 Å². The molecule has 0 amide bonds. The fourth-order valence-corrected chi connectivity index (χ4v) is 20.2. The van der Waals surface area contributed by atoms with Gasteiger partial charge in [-0.05, 0) is 261 Å². The number of rotatable bonds is 0. The molecular weight excluding hydrogens is 1150 g/mol. The Morgan fingerprint density at radius 3 is 0.728 bits per heavy atom. The second kappa shape index (κ2) is 40.7. The molecule has 0 N–H and O–H groups in total. The van der Waals surface area contributed by atoms with E-state index in [1.165, 1.54) is 218 Å². The molecule has 4 unspecified atom stereocenters. The zero-order valence-electron chi connectivity index (χ0n) is 62.2. The molecule has 19 aliphatic rings. The molecule has 92 heavy (non-hydrogen) atoms. The predicted molar refractivity (Wildman–Crippen MR) is 373 cm³/mol. The molecule has 6 aliphatic heterocycles. The molecule has 540 valence electrons. The van der Waals surface area contributed by atoms with Crippen LogP contribution in [0.3, 0.4) is 0 Å². The van der Waals surface area contributed by atoms with Crippen molar-refractivity contribution in [2.45, 2.75) is 362 Å². The van der Waals surface area contributed by atoms with Crippen LogP contribution in [-0.2, 0) is 56.8 Å². The second-order valence-corrected chi connectivity index (χ2v) is 30.2. The summed E-state index contributed by atoms with van der Waals surface area (Å²) in [5, 5.41) is 0. The number of ether oxygens (including phenoxy) is 12. The molecular formula is C80H148O12. The van der Waals surface area contributed by atoms with Crippen molar-refractivity contribution < 1.29 is 56.8 Å². The van der Waals surface area contributed by atoms with E-state index in [4.69, 9.17) is 56.8 Å². The minimum atomic E-state index is -0.337. The van der Waals surface area contributed by atoms with Crippen molar-refractivity contribution in [1.82, 2.24) is 0 Å². The Kier molecular flexibility index (Phi) is 34.9. The fourth-order valence-electron chi connectivity index (χ4n) is 20.2. The summed E-state index contributed by atoms with van der Waals surface area (Å²) in [6.07, 6.45) is 48.9. The summed E-state index contributed by atoms with van der Waals surface area (Å²) >= 11 is 0. The van der Waals surface area contributed by atoms with E-state index >= 15 is 0 Å². The van der Waals surface area contributed by atoms with Crippen molar-refractivity contribution in [2.75, 3.05) is 79.3 Å². The first kappa shape index (κ1) is 78.9. The average molecular weight is 1300 g/mol. The van der Waals surface area contributed by atoms with Gasteiger partial charge in [-0.2, -0.15) is 0 Å². The standard InChI is InChI=1S/C15H24O2.C14H22O2.C12H20O2.C11H18O2.C11H20O2.C7H14O2.5C2H6/c1-2-4-16-15(17-5-3-1)13-7-11-6-12(9-13)10-14(15)8-11;1-2-4-16-14(15-3-1)12-6-10-5-11(8-12)9-13(14)7-10;1-2-6-13-12(14-7-3-1)9-10-4-5-11(12)8-10;1-2-6-13-11(12-5-1)8-9-3-4-10(11)7-9;1-3-7-11(8-4-1)12-9-5-2-6-10-13-11;1-7(2)8-5-3-4-6-9-7;5*1-2/h11-14H,1-10H2;10-13H,1-9H2;10-11H,1-9H2;9-10H,1-8H2;1-10H2;3-6H2,1-2H3;5*1-2H3. The SMILES string of the molecule is C1CCOC2(CC3CCC2C3)OC1.C1CCOC2(CC3CCC2C3)OCC1.C1CCOC2(CCCCC2)OCC1.C1CCOC2(OC1)C1CC3CC(C1)CC2C3.C1CCOC2(OCC1)C1CC3CC(C1)CC2C3.CC.CC.CC.CC.CC.CC1(C)OCCCCO1. The highest BCUT2D eigenvalue weighted by Gasteiger charge is 2.61. The van der Waals surface area contributed by atoms with Gasteiger partial charge in [-0.15, -0.1) is 0 Å². The van der Waals surface area contributed by atoms with Crippen LogP contribution < -0.4 is 0 Å². The van der Waals surface area contributed by atoms with E-state index in [9.17, 15) is 0 Å². The number of hydrogen-bond donors (Lipinski definition) is 0. The van der Waals surface area contributed by atoms with E-state index in [1.54, 1.807) is 0 Å². The van der Waals surface area contributed by atoms with Crippen molar-refractivity contribution in [3.8, 4) is 0 Å². The number of fused-ring (bicyclic) bond motifs is 6. The minimum absolute atomic E-state index is 0.126. The molecule has 19 rings (SSSR count). The molecule has 19 fully saturated rings. The first-order valence-corrected chi connectivity index (χ1v) is 40.8. The summed E-state index contributed by atoms with van der Waals surface area (Å²) in [4.78, 5) is 0. The molecule has 0 aromatic heterocycles. The lowest BCUT2D eigenvalue weighted by atomic mass is 9.53. The third-order valence-corrected chi connectivity index (χ3v) is 23.9. The van der Waals surface area contributed by atoms with Crippen molar-refractivity contribution in [3.63, 3.8) is 0 Å². The van der Waals surface area contributed by atoms with Gasteiger partial charge in [0.1, 0.15) is 0 Å². The van der Waals surface area contributed by atoms with Crippen molar-refractivity contribution in [1.29, 1.82) is 0 Å². The third kappa shape index (κ3) is 21.1. The summed E-state index contributed by atoms with van der Waals surface area (Å²) in [7, 11) is 0. The lowest BCUT2D eigenvalue weighted by Gasteiger charge is -2.60. The Hall–Kier alpha value is -0.480. The Morgan fingerprint density at radius 2 is 0.457 bits per heavy atom. The van der Waals surface area contributed by atoms with Crippen LogP contribution in [0.25, 0.3) is 0 Å². The van der Waals surface area contributed by atoms with Gasteiger partial charge in [0.2, 0.25) is 0 Å². The maximum Gasteiger partial charge on any atom is 0.173 e. The van der Waals surface area contributed by atoms with Gasteiger partial charge >= 0.3 is 0 Å². The average Bonchev–Trinajstić information content (AvgIpc) is 1.25. The topological polar surface area (TPSA) is 111 Å². The molecule has 13 saturated carbocycles. The molecule has 12 bridgehead atoms. The summed E-state index contributed by atoms with van der Waals surface area (Å²) in [6.45, 7) is 34.8. The van der Waals surface area contributed by atoms with Gasteiger partial charge in [-0.25, -0.2) is 0 Å². The molecule has 0 aromatic carbocycles. The molecule has 12 nitrogen and oxygen atoms in total.